The van der Waals surface area contributed by atoms with Gasteiger partial charge < -0.3 is 20.6 Å². The summed E-state index contributed by atoms with van der Waals surface area (Å²) in [4.78, 5) is 3.27. The van der Waals surface area contributed by atoms with Crippen molar-refractivity contribution in [2.24, 2.45) is 11.1 Å². The first-order valence-electron chi connectivity index (χ1n) is 10.1. The van der Waals surface area contributed by atoms with Crippen LogP contribution in [0.25, 0.3) is 10.9 Å². The first kappa shape index (κ1) is 20.4. The van der Waals surface area contributed by atoms with Crippen molar-refractivity contribution in [3.05, 3.63) is 65.9 Å². The molecule has 2 unspecified atom stereocenters. The first-order valence-corrected chi connectivity index (χ1v) is 10.1. The molecule has 0 bridgehead atoms. The Morgan fingerprint density at radius 1 is 1.00 bits per heavy atom. The number of aliphatic hydroxyl groups excluding tert-OH is 1. The predicted molar refractivity (Wildman–Crippen MR) is 116 cm³/mol. The van der Waals surface area contributed by atoms with Crippen LogP contribution in [0.5, 0.6) is 5.75 Å². The van der Waals surface area contributed by atoms with Crippen LogP contribution in [0.4, 0.5) is 0 Å². The largest absolute Gasteiger partial charge is 0.491 e. The molecule has 0 fully saturated rings. The van der Waals surface area contributed by atoms with E-state index in [0.717, 1.165) is 25.0 Å². The van der Waals surface area contributed by atoms with Crippen molar-refractivity contribution in [1.82, 2.24) is 4.98 Å². The molecule has 0 spiro atoms. The van der Waals surface area contributed by atoms with Crippen molar-refractivity contribution in [3.63, 3.8) is 0 Å². The van der Waals surface area contributed by atoms with Gasteiger partial charge in [-0.3, -0.25) is 0 Å². The van der Waals surface area contributed by atoms with Gasteiger partial charge in [-0.05, 0) is 54.0 Å². The van der Waals surface area contributed by atoms with E-state index in [2.05, 4.69) is 35.3 Å². The molecular formula is C24H32N2O2. The van der Waals surface area contributed by atoms with Crippen LogP contribution in [0.1, 0.15) is 38.3 Å². The van der Waals surface area contributed by atoms with Crippen molar-refractivity contribution < 1.29 is 9.84 Å². The van der Waals surface area contributed by atoms with Gasteiger partial charge in [-0.15, -0.1) is 0 Å². The molecule has 0 radical (unpaired) electrons. The maximum absolute atomic E-state index is 10.4. The molecule has 0 amide bonds. The Hall–Kier alpha value is -2.30. The highest BCUT2D eigenvalue weighted by Crippen LogP contribution is 2.24. The second-order valence-corrected chi connectivity index (χ2v) is 8.59. The van der Waals surface area contributed by atoms with Gasteiger partial charge in [-0.1, -0.05) is 51.1 Å². The Morgan fingerprint density at radius 3 is 2.50 bits per heavy atom. The lowest BCUT2D eigenvalue weighted by Crippen LogP contribution is -2.47. The minimum Gasteiger partial charge on any atom is -0.491 e. The normalized spacial score (nSPS) is 14.2. The fourth-order valence-corrected chi connectivity index (χ4v) is 3.54. The van der Waals surface area contributed by atoms with Crippen LogP contribution in [0.2, 0.25) is 0 Å². The van der Waals surface area contributed by atoms with Crippen molar-refractivity contribution >= 4 is 10.9 Å². The van der Waals surface area contributed by atoms with Gasteiger partial charge in [0.2, 0.25) is 0 Å². The van der Waals surface area contributed by atoms with Crippen LogP contribution in [-0.2, 0) is 12.8 Å². The molecular weight excluding hydrogens is 348 g/mol. The zero-order valence-electron chi connectivity index (χ0n) is 17.1. The average Bonchev–Trinajstić information content (AvgIpc) is 3.15. The highest BCUT2D eigenvalue weighted by molar-refractivity contribution is 5.82. The number of aromatic nitrogens is 1. The molecule has 0 saturated carbocycles. The van der Waals surface area contributed by atoms with Gasteiger partial charge in [0, 0.05) is 23.1 Å². The highest BCUT2D eigenvalue weighted by Gasteiger charge is 2.28. The van der Waals surface area contributed by atoms with E-state index >= 15 is 0 Å². The number of para-hydroxylation sites is 1. The maximum Gasteiger partial charge on any atom is 0.122 e. The number of nitrogens with one attached hydrogen (secondary N) is 1. The van der Waals surface area contributed by atoms with E-state index in [1.165, 1.54) is 22.0 Å². The molecule has 28 heavy (non-hydrogen) atoms. The summed E-state index contributed by atoms with van der Waals surface area (Å²) in [6, 6.07) is 16.3. The number of aromatic amines is 1. The Kier molecular flexibility index (Phi) is 6.42. The van der Waals surface area contributed by atoms with Crippen molar-refractivity contribution in [2.75, 3.05) is 6.61 Å². The number of hydrogen-bond donors (Lipinski definition) is 3. The summed E-state index contributed by atoms with van der Waals surface area (Å²) in [6.45, 7) is 6.29. The molecule has 4 nitrogen and oxygen atoms in total. The van der Waals surface area contributed by atoms with E-state index in [1.807, 2.05) is 45.2 Å². The minimum absolute atomic E-state index is 0.165. The Bertz CT molecular complexity index is 895. The third kappa shape index (κ3) is 4.94. The smallest absolute Gasteiger partial charge is 0.122 e. The lowest BCUT2D eigenvalue weighted by Gasteiger charge is -2.31. The third-order valence-corrected chi connectivity index (χ3v) is 5.37. The topological polar surface area (TPSA) is 71.3 Å². The molecule has 2 atom stereocenters. The van der Waals surface area contributed by atoms with Crippen LogP contribution in [-0.4, -0.2) is 28.8 Å². The molecule has 4 heteroatoms. The number of aryl methyl sites for hydroxylation is 2. The lowest BCUT2D eigenvalue weighted by atomic mass is 9.84. The van der Waals surface area contributed by atoms with Crippen LogP contribution >= 0.6 is 0 Å². The summed E-state index contributed by atoms with van der Waals surface area (Å²) < 4.78 is 5.94. The Morgan fingerprint density at radius 2 is 1.71 bits per heavy atom. The molecule has 2 aromatic carbocycles. The van der Waals surface area contributed by atoms with E-state index < -0.39 is 6.10 Å². The monoisotopic (exact) mass is 380 g/mol. The summed E-state index contributed by atoms with van der Waals surface area (Å²) in [5.41, 5.74) is 9.70. The van der Waals surface area contributed by atoms with Gasteiger partial charge in [-0.2, -0.15) is 0 Å². The average molecular weight is 381 g/mol. The number of nitrogens with two attached hydrogens (primary N) is 1. The quantitative estimate of drug-likeness (QED) is 0.540. The number of aliphatic hydroxyl groups is 1. The molecule has 1 heterocycles. The summed E-state index contributed by atoms with van der Waals surface area (Å²) in [5, 5.41) is 11.7. The summed E-state index contributed by atoms with van der Waals surface area (Å²) in [5.74, 6) is 0.836. The second kappa shape index (κ2) is 8.80. The lowest BCUT2D eigenvalue weighted by molar-refractivity contribution is 0.0492. The SMILES string of the molecule is CC(C)(C)C(N)C(O)COc1ccccc1CCCc1cccc2[nH]ccc12. The molecule has 0 aliphatic heterocycles. The molecule has 1 aromatic heterocycles. The number of benzene rings is 2. The molecule has 0 aliphatic carbocycles. The zero-order valence-corrected chi connectivity index (χ0v) is 17.1. The van der Waals surface area contributed by atoms with Crippen LogP contribution in [0, 0.1) is 5.41 Å². The molecule has 4 N–H and O–H groups in total. The number of hydrogen-bond acceptors (Lipinski definition) is 3. The van der Waals surface area contributed by atoms with Crippen molar-refractivity contribution in [3.8, 4) is 5.75 Å². The maximum atomic E-state index is 10.4. The van der Waals surface area contributed by atoms with E-state index in [-0.39, 0.29) is 18.1 Å². The fourth-order valence-electron chi connectivity index (χ4n) is 3.54. The van der Waals surface area contributed by atoms with E-state index in [1.54, 1.807) is 0 Å². The Labute approximate surface area is 167 Å². The standard InChI is InChI=1S/C24H32N2O2/c1-24(2,3)23(25)21(27)16-28-22-13-5-4-8-18(22)11-6-9-17-10-7-12-20-19(17)14-15-26-20/h4-5,7-8,10,12-15,21,23,26-27H,6,9,11,16,25H2,1-3H3. The van der Waals surface area contributed by atoms with Gasteiger partial charge in [-0.25, -0.2) is 0 Å². The number of fused-ring (bicyclic) bond motifs is 1. The van der Waals surface area contributed by atoms with E-state index in [4.69, 9.17) is 10.5 Å². The third-order valence-electron chi connectivity index (χ3n) is 5.37. The van der Waals surface area contributed by atoms with Gasteiger partial charge >= 0.3 is 0 Å². The second-order valence-electron chi connectivity index (χ2n) is 8.59. The highest BCUT2D eigenvalue weighted by atomic mass is 16.5. The first-order chi connectivity index (χ1) is 13.4. The van der Waals surface area contributed by atoms with Crippen molar-refractivity contribution in [2.45, 2.75) is 52.2 Å². The molecule has 3 rings (SSSR count). The summed E-state index contributed by atoms with van der Waals surface area (Å²) in [7, 11) is 0. The van der Waals surface area contributed by atoms with Gasteiger partial charge in [0.1, 0.15) is 18.5 Å². The van der Waals surface area contributed by atoms with Crippen LogP contribution in [0.15, 0.2) is 54.7 Å². The van der Waals surface area contributed by atoms with Gasteiger partial charge in [0.25, 0.3) is 0 Å². The summed E-state index contributed by atoms with van der Waals surface area (Å²) in [6.07, 6.45) is 4.28. The van der Waals surface area contributed by atoms with Gasteiger partial charge in [0.05, 0.1) is 0 Å². The number of H-pyrrole nitrogens is 1. The molecule has 150 valence electrons. The van der Waals surface area contributed by atoms with Crippen molar-refractivity contribution in [1.29, 1.82) is 0 Å². The van der Waals surface area contributed by atoms with E-state index in [9.17, 15) is 5.11 Å². The number of rotatable bonds is 8. The van der Waals surface area contributed by atoms with Crippen LogP contribution < -0.4 is 10.5 Å². The fraction of sp³-hybridized carbons (Fsp3) is 0.417. The van der Waals surface area contributed by atoms with E-state index in [0.29, 0.717) is 0 Å². The predicted octanol–water partition coefficient (Wildman–Crippen LogP) is 4.46. The number of ether oxygens (including phenoxy) is 1. The van der Waals surface area contributed by atoms with Gasteiger partial charge in [0.15, 0.2) is 0 Å². The minimum atomic E-state index is -0.695. The molecule has 0 saturated heterocycles. The molecule has 0 aliphatic rings. The molecule has 3 aromatic rings. The summed E-state index contributed by atoms with van der Waals surface area (Å²) >= 11 is 0. The Balaban J connectivity index is 1.59. The van der Waals surface area contributed by atoms with Crippen LogP contribution in [0.3, 0.4) is 0 Å². The zero-order chi connectivity index (χ0) is 20.1.